The zero-order valence-corrected chi connectivity index (χ0v) is 13.0. The number of benzene rings is 2. The SMILES string of the molecule is Cc1cc2cc3[se]c(-c4ccccc4)cc3cc2s1. The molecule has 92 valence electrons. The molecule has 0 aliphatic carbocycles. The molecule has 0 bridgehead atoms. The second-order valence-corrected chi connectivity index (χ2v) is 8.32. The molecule has 0 spiro atoms. The number of thiophene rings is 1. The van der Waals surface area contributed by atoms with Crippen LogP contribution in [-0.2, 0) is 0 Å². The molecule has 0 saturated carbocycles. The van der Waals surface area contributed by atoms with Crippen LogP contribution in [0.5, 0.6) is 0 Å². The van der Waals surface area contributed by atoms with Crippen LogP contribution in [-0.4, -0.2) is 14.5 Å². The van der Waals surface area contributed by atoms with Crippen LogP contribution >= 0.6 is 11.3 Å². The topological polar surface area (TPSA) is 0 Å². The van der Waals surface area contributed by atoms with E-state index < -0.39 is 0 Å². The Morgan fingerprint density at radius 3 is 2.58 bits per heavy atom. The van der Waals surface area contributed by atoms with Crippen LogP contribution in [0.3, 0.4) is 0 Å². The van der Waals surface area contributed by atoms with Gasteiger partial charge in [-0.1, -0.05) is 0 Å². The Bertz CT molecular complexity index is 817. The van der Waals surface area contributed by atoms with Crippen LogP contribution < -0.4 is 0 Å². The van der Waals surface area contributed by atoms with E-state index in [0.717, 1.165) is 0 Å². The van der Waals surface area contributed by atoms with Gasteiger partial charge in [0.15, 0.2) is 0 Å². The fraction of sp³-hybridized carbons (Fsp3) is 0.0588. The van der Waals surface area contributed by atoms with Crippen molar-refractivity contribution < 1.29 is 0 Å². The molecule has 0 unspecified atom stereocenters. The first-order chi connectivity index (χ1) is 9.29. The zero-order valence-electron chi connectivity index (χ0n) is 10.5. The summed E-state index contributed by atoms with van der Waals surface area (Å²) in [6.07, 6.45) is 0. The quantitative estimate of drug-likeness (QED) is 0.427. The van der Waals surface area contributed by atoms with Gasteiger partial charge in [0.2, 0.25) is 0 Å². The van der Waals surface area contributed by atoms with Crippen LogP contribution in [0.25, 0.3) is 29.7 Å². The van der Waals surface area contributed by atoms with Crippen molar-refractivity contribution in [3.8, 4) is 10.0 Å². The first-order valence-electron chi connectivity index (χ1n) is 6.29. The standard InChI is InChI=1S/C17H12SSe/c1-11-7-13-9-17-14(8-15(13)18-11)10-16(19-17)12-5-3-2-4-6-12/h2-10H,1H3. The van der Waals surface area contributed by atoms with Crippen LogP contribution in [0, 0.1) is 6.92 Å². The van der Waals surface area contributed by atoms with Crippen molar-refractivity contribution in [2.45, 2.75) is 6.92 Å². The number of rotatable bonds is 1. The summed E-state index contributed by atoms with van der Waals surface area (Å²) in [5, 5.41) is 2.83. The van der Waals surface area contributed by atoms with Crippen LogP contribution in [0.2, 0.25) is 0 Å². The fourth-order valence-electron chi connectivity index (χ4n) is 2.45. The van der Waals surface area contributed by atoms with E-state index in [0.29, 0.717) is 14.5 Å². The van der Waals surface area contributed by atoms with Gasteiger partial charge in [0.05, 0.1) is 0 Å². The average molecular weight is 327 g/mol. The minimum absolute atomic E-state index is 0.445. The van der Waals surface area contributed by atoms with Gasteiger partial charge < -0.3 is 0 Å². The van der Waals surface area contributed by atoms with Crippen LogP contribution in [0.15, 0.2) is 54.6 Å². The molecule has 2 aromatic carbocycles. The van der Waals surface area contributed by atoms with Crippen molar-refractivity contribution in [2.24, 2.45) is 0 Å². The summed E-state index contributed by atoms with van der Waals surface area (Å²) in [5.41, 5.74) is 1.37. The minimum atomic E-state index is 0.445. The number of hydrogen-bond donors (Lipinski definition) is 0. The zero-order chi connectivity index (χ0) is 12.8. The summed E-state index contributed by atoms with van der Waals surface area (Å²) in [6, 6.07) is 20.2. The van der Waals surface area contributed by atoms with Crippen molar-refractivity contribution in [3.05, 3.63) is 59.5 Å². The molecule has 0 saturated heterocycles. The van der Waals surface area contributed by atoms with Gasteiger partial charge >= 0.3 is 122 Å². The molecule has 0 radical (unpaired) electrons. The number of fused-ring (bicyclic) bond motifs is 2. The Labute approximate surface area is 122 Å². The maximum atomic E-state index is 2.39. The molecule has 0 amide bonds. The van der Waals surface area contributed by atoms with E-state index in [1.165, 1.54) is 34.6 Å². The summed E-state index contributed by atoms with van der Waals surface area (Å²) >= 11 is 2.34. The first kappa shape index (κ1) is 11.5. The van der Waals surface area contributed by atoms with E-state index in [-0.39, 0.29) is 0 Å². The Morgan fingerprint density at radius 2 is 1.74 bits per heavy atom. The second kappa shape index (κ2) is 4.35. The van der Waals surface area contributed by atoms with Gasteiger partial charge in [-0.05, 0) is 0 Å². The van der Waals surface area contributed by atoms with Crippen molar-refractivity contribution in [1.82, 2.24) is 0 Å². The molecule has 0 aliphatic rings. The first-order valence-corrected chi connectivity index (χ1v) is 8.82. The fourth-order valence-corrected chi connectivity index (χ4v) is 5.71. The third-order valence-corrected chi connectivity index (χ3v) is 6.76. The van der Waals surface area contributed by atoms with Gasteiger partial charge in [-0.2, -0.15) is 0 Å². The molecule has 4 rings (SSSR count). The van der Waals surface area contributed by atoms with E-state index in [9.17, 15) is 0 Å². The van der Waals surface area contributed by atoms with E-state index >= 15 is 0 Å². The van der Waals surface area contributed by atoms with Gasteiger partial charge in [-0.25, -0.2) is 0 Å². The maximum absolute atomic E-state index is 2.39. The number of hydrogen-bond acceptors (Lipinski definition) is 1. The Balaban J connectivity index is 1.96. The van der Waals surface area contributed by atoms with E-state index in [1.807, 2.05) is 11.3 Å². The second-order valence-electron chi connectivity index (χ2n) is 4.76. The molecule has 0 atom stereocenters. The predicted molar refractivity (Wildman–Crippen MR) is 86.4 cm³/mol. The molecule has 0 aliphatic heterocycles. The van der Waals surface area contributed by atoms with Crippen molar-refractivity contribution >= 4 is 45.6 Å². The van der Waals surface area contributed by atoms with Crippen LogP contribution in [0.4, 0.5) is 0 Å². The molecular formula is C17H12SSe. The van der Waals surface area contributed by atoms with E-state index in [2.05, 4.69) is 61.5 Å². The number of aryl methyl sites for hydroxylation is 1. The van der Waals surface area contributed by atoms with Crippen molar-refractivity contribution in [1.29, 1.82) is 0 Å². The molecule has 2 heteroatoms. The predicted octanol–water partition coefficient (Wildman–Crippen LogP) is 5.09. The molecule has 2 heterocycles. The van der Waals surface area contributed by atoms with Gasteiger partial charge in [-0.3, -0.25) is 0 Å². The monoisotopic (exact) mass is 328 g/mol. The third kappa shape index (κ3) is 1.97. The van der Waals surface area contributed by atoms with Crippen LogP contribution in [0.1, 0.15) is 4.88 Å². The van der Waals surface area contributed by atoms with Gasteiger partial charge in [0, 0.05) is 0 Å². The third-order valence-electron chi connectivity index (χ3n) is 3.34. The normalized spacial score (nSPS) is 11.4. The molecular weight excluding hydrogens is 315 g/mol. The summed E-state index contributed by atoms with van der Waals surface area (Å²) in [6.45, 7) is 2.19. The Morgan fingerprint density at radius 1 is 0.895 bits per heavy atom. The molecule has 0 nitrogen and oxygen atoms in total. The molecule has 4 aromatic rings. The Hall–Kier alpha value is -1.34. The van der Waals surface area contributed by atoms with Gasteiger partial charge in [-0.15, -0.1) is 0 Å². The summed E-state index contributed by atoms with van der Waals surface area (Å²) in [7, 11) is 0. The average Bonchev–Trinajstić information content (AvgIpc) is 2.98. The molecule has 0 fully saturated rings. The molecule has 0 N–H and O–H groups in total. The van der Waals surface area contributed by atoms with Gasteiger partial charge in [0.25, 0.3) is 0 Å². The van der Waals surface area contributed by atoms with E-state index in [4.69, 9.17) is 0 Å². The van der Waals surface area contributed by atoms with Crippen molar-refractivity contribution in [2.75, 3.05) is 0 Å². The summed E-state index contributed by atoms with van der Waals surface area (Å²) < 4.78 is 4.44. The van der Waals surface area contributed by atoms with Gasteiger partial charge in [0.1, 0.15) is 0 Å². The molecule has 19 heavy (non-hydrogen) atoms. The summed E-state index contributed by atoms with van der Waals surface area (Å²) in [5.74, 6) is 0. The Kier molecular flexibility index (Phi) is 2.63. The summed E-state index contributed by atoms with van der Waals surface area (Å²) in [4.78, 5) is 1.40. The molecule has 2 aromatic heterocycles. The van der Waals surface area contributed by atoms with Crippen molar-refractivity contribution in [3.63, 3.8) is 0 Å². The van der Waals surface area contributed by atoms with E-state index in [1.54, 1.807) is 0 Å².